The lowest BCUT2D eigenvalue weighted by Crippen LogP contribution is -2.26. The maximum absolute atomic E-state index is 8.88. The zero-order valence-corrected chi connectivity index (χ0v) is 10.9. The molecule has 3 N–H and O–H groups in total. The molecule has 1 aromatic rings. The van der Waals surface area contributed by atoms with Crippen LogP contribution in [0.4, 0.5) is 11.5 Å². The molecule has 0 fully saturated rings. The number of ether oxygens (including phenoxy) is 1. The predicted octanol–water partition coefficient (Wildman–Crippen LogP) is 1.27. The summed E-state index contributed by atoms with van der Waals surface area (Å²) < 4.78 is 5.68. The van der Waals surface area contributed by atoms with Crippen LogP contribution in [0.2, 0.25) is 0 Å². The third-order valence-corrected chi connectivity index (χ3v) is 2.10. The summed E-state index contributed by atoms with van der Waals surface area (Å²) in [5.74, 6) is 1.16. The smallest absolute Gasteiger partial charge is 0.239 e. The quantitative estimate of drug-likeness (QED) is 0.828. The van der Waals surface area contributed by atoms with E-state index in [0.717, 1.165) is 5.82 Å². The highest BCUT2D eigenvalue weighted by molar-refractivity contribution is 5.54. The molecular formula is C12H21N3O2. The van der Waals surface area contributed by atoms with E-state index < -0.39 is 0 Å². The summed E-state index contributed by atoms with van der Waals surface area (Å²) in [6.45, 7) is 6.43. The molecule has 17 heavy (non-hydrogen) atoms. The number of aliphatic hydroxyl groups is 1. The van der Waals surface area contributed by atoms with E-state index in [0.29, 0.717) is 18.1 Å². The SMILES string of the molecule is CN(CCO)c1ccc(N)c(OC(C)(C)C)n1. The minimum absolute atomic E-state index is 0.0814. The van der Waals surface area contributed by atoms with E-state index in [9.17, 15) is 0 Å². The first kappa shape index (κ1) is 13.6. The molecule has 0 aliphatic heterocycles. The van der Waals surface area contributed by atoms with Crippen LogP contribution in [-0.2, 0) is 0 Å². The van der Waals surface area contributed by atoms with Crippen LogP contribution in [0.15, 0.2) is 12.1 Å². The van der Waals surface area contributed by atoms with Crippen LogP contribution in [0.5, 0.6) is 5.88 Å². The standard InChI is InChI=1S/C12H21N3O2/c1-12(2,3)17-11-9(13)5-6-10(14-11)15(4)7-8-16/h5-6,16H,7-8,13H2,1-4H3. The molecule has 1 aromatic heterocycles. The number of aliphatic hydroxyl groups excluding tert-OH is 1. The molecule has 1 heterocycles. The molecule has 0 saturated carbocycles. The molecule has 0 unspecified atom stereocenters. The van der Waals surface area contributed by atoms with Gasteiger partial charge >= 0.3 is 0 Å². The Morgan fingerprint density at radius 1 is 1.41 bits per heavy atom. The summed E-state index contributed by atoms with van der Waals surface area (Å²) in [6, 6.07) is 3.57. The lowest BCUT2D eigenvalue weighted by Gasteiger charge is -2.23. The molecular weight excluding hydrogens is 218 g/mol. The van der Waals surface area contributed by atoms with Gasteiger partial charge in [-0.1, -0.05) is 0 Å². The fourth-order valence-electron chi connectivity index (χ4n) is 1.29. The van der Waals surface area contributed by atoms with Crippen LogP contribution >= 0.6 is 0 Å². The second kappa shape index (κ2) is 5.23. The number of nitrogens with zero attached hydrogens (tertiary/aromatic N) is 2. The summed E-state index contributed by atoms with van der Waals surface area (Å²) in [5, 5.41) is 8.88. The van der Waals surface area contributed by atoms with Crippen LogP contribution in [0, 0.1) is 0 Å². The maximum Gasteiger partial charge on any atom is 0.239 e. The van der Waals surface area contributed by atoms with E-state index in [2.05, 4.69) is 4.98 Å². The van der Waals surface area contributed by atoms with E-state index in [4.69, 9.17) is 15.6 Å². The molecule has 0 atom stereocenters. The van der Waals surface area contributed by atoms with Crippen molar-refractivity contribution in [3.8, 4) is 5.88 Å². The second-order valence-electron chi connectivity index (χ2n) is 4.92. The molecule has 0 amide bonds. The molecule has 5 nitrogen and oxygen atoms in total. The highest BCUT2D eigenvalue weighted by atomic mass is 16.5. The summed E-state index contributed by atoms with van der Waals surface area (Å²) in [4.78, 5) is 6.19. The van der Waals surface area contributed by atoms with E-state index in [-0.39, 0.29) is 12.2 Å². The zero-order chi connectivity index (χ0) is 13.1. The van der Waals surface area contributed by atoms with Crippen LogP contribution in [0.3, 0.4) is 0 Å². The van der Waals surface area contributed by atoms with Crippen molar-refractivity contribution >= 4 is 11.5 Å². The highest BCUT2D eigenvalue weighted by Crippen LogP contribution is 2.25. The normalized spacial score (nSPS) is 11.4. The molecule has 96 valence electrons. The Hall–Kier alpha value is -1.49. The lowest BCUT2D eigenvalue weighted by atomic mass is 10.2. The van der Waals surface area contributed by atoms with Gasteiger partial charge in [-0.15, -0.1) is 0 Å². The average molecular weight is 239 g/mol. The Labute approximate surface area is 102 Å². The van der Waals surface area contributed by atoms with Gasteiger partial charge in [0.15, 0.2) is 0 Å². The van der Waals surface area contributed by atoms with Crippen LogP contribution in [0.25, 0.3) is 0 Å². The van der Waals surface area contributed by atoms with Gasteiger partial charge in [-0.25, -0.2) is 0 Å². The number of aromatic nitrogens is 1. The number of hydrogen-bond acceptors (Lipinski definition) is 5. The van der Waals surface area contributed by atoms with Crippen LogP contribution in [-0.4, -0.2) is 35.9 Å². The first-order valence-electron chi connectivity index (χ1n) is 5.61. The summed E-state index contributed by atoms with van der Waals surface area (Å²) in [5.41, 5.74) is 5.99. The van der Waals surface area contributed by atoms with Gasteiger partial charge in [0.2, 0.25) is 5.88 Å². The summed E-state index contributed by atoms with van der Waals surface area (Å²) in [6.07, 6.45) is 0. The van der Waals surface area contributed by atoms with Crippen molar-refractivity contribution in [3.05, 3.63) is 12.1 Å². The Balaban J connectivity index is 2.94. The van der Waals surface area contributed by atoms with E-state index in [1.165, 1.54) is 0 Å². The molecule has 1 rings (SSSR count). The molecule has 0 aliphatic rings. The predicted molar refractivity (Wildman–Crippen MR) is 69.4 cm³/mol. The average Bonchev–Trinajstić information content (AvgIpc) is 2.19. The topological polar surface area (TPSA) is 71.6 Å². The summed E-state index contributed by atoms with van der Waals surface area (Å²) >= 11 is 0. The largest absolute Gasteiger partial charge is 0.470 e. The van der Waals surface area contributed by atoms with Gasteiger partial charge in [-0.2, -0.15) is 4.98 Å². The van der Waals surface area contributed by atoms with Crippen LogP contribution < -0.4 is 15.4 Å². The molecule has 5 heteroatoms. The van der Waals surface area contributed by atoms with Gasteiger partial charge in [-0.05, 0) is 32.9 Å². The maximum atomic E-state index is 8.88. The van der Waals surface area contributed by atoms with Crippen molar-refractivity contribution in [2.24, 2.45) is 0 Å². The van der Waals surface area contributed by atoms with E-state index in [1.807, 2.05) is 32.7 Å². The monoisotopic (exact) mass is 239 g/mol. The number of likely N-dealkylation sites (N-methyl/N-ethyl adjacent to an activating group) is 1. The van der Waals surface area contributed by atoms with Gasteiger partial charge < -0.3 is 20.5 Å². The second-order valence-corrected chi connectivity index (χ2v) is 4.92. The van der Waals surface area contributed by atoms with Crippen LogP contribution in [0.1, 0.15) is 20.8 Å². The third kappa shape index (κ3) is 4.11. The minimum atomic E-state index is -0.338. The molecule has 0 aromatic carbocycles. The summed E-state index contributed by atoms with van der Waals surface area (Å²) in [7, 11) is 1.86. The van der Waals surface area contributed by atoms with Crippen molar-refractivity contribution in [2.45, 2.75) is 26.4 Å². The fraction of sp³-hybridized carbons (Fsp3) is 0.583. The first-order valence-corrected chi connectivity index (χ1v) is 5.61. The van der Waals surface area contributed by atoms with Gasteiger partial charge in [0.1, 0.15) is 11.4 Å². The fourth-order valence-corrected chi connectivity index (χ4v) is 1.29. The van der Waals surface area contributed by atoms with Crippen molar-refractivity contribution in [2.75, 3.05) is 30.8 Å². The Bertz CT molecular complexity index is 375. The Morgan fingerprint density at radius 2 is 2.06 bits per heavy atom. The highest BCUT2D eigenvalue weighted by Gasteiger charge is 2.16. The van der Waals surface area contributed by atoms with Crippen molar-refractivity contribution < 1.29 is 9.84 Å². The minimum Gasteiger partial charge on any atom is -0.470 e. The van der Waals surface area contributed by atoms with Crippen molar-refractivity contribution in [1.82, 2.24) is 4.98 Å². The first-order chi connectivity index (χ1) is 7.83. The number of hydrogen-bond donors (Lipinski definition) is 2. The molecule has 0 radical (unpaired) electrons. The Morgan fingerprint density at radius 3 is 2.59 bits per heavy atom. The molecule has 0 bridgehead atoms. The van der Waals surface area contributed by atoms with Gasteiger partial charge in [-0.3, -0.25) is 0 Å². The van der Waals surface area contributed by atoms with Crippen molar-refractivity contribution in [1.29, 1.82) is 0 Å². The number of rotatable bonds is 4. The number of nitrogens with two attached hydrogens (primary N) is 1. The van der Waals surface area contributed by atoms with Gasteiger partial charge in [0.25, 0.3) is 0 Å². The third-order valence-electron chi connectivity index (χ3n) is 2.10. The number of nitrogen functional groups attached to an aromatic ring is 1. The van der Waals surface area contributed by atoms with Crippen molar-refractivity contribution in [3.63, 3.8) is 0 Å². The van der Waals surface area contributed by atoms with Gasteiger partial charge in [0.05, 0.1) is 12.3 Å². The lowest BCUT2D eigenvalue weighted by molar-refractivity contribution is 0.125. The molecule has 0 spiro atoms. The van der Waals surface area contributed by atoms with E-state index >= 15 is 0 Å². The number of anilines is 2. The number of pyridine rings is 1. The Kier molecular flexibility index (Phi) is 4.17. The van der Waals surface area contributed by atoms with Gasteiger partial charge in [0, 0.05) is 13.6 Å². The van der Waals surface area contributed by atoms with E-state index in [1.54, 1.807) is 12.1 Å². The molecule has 0 aliphatic carbocycles. The zero-order valence-electron chi connectivity index (χ0n) is 10.9. The molecule has 0 saturated heterocycles.